The minimum atomic E-state index is -0.826. The number of esters is 1. The van der Waals surface area contributed by atoms with E-state index in [1.165, 1.54) is 5.56 Å². The van der Waals surface area contributed by atoms with E-state index in [4.69, 9.17) is 17.0 Å². The summed E-state index contributed by atoms with van der Waals surface area (Å²) in [7, 11) is 0. The number of carbonyl (C=O) groups is 3. The molecule has 1 fully saturated rings. The Morgan fingerprint density at radius 2 is 1.88 bits per heavy atom. The van der Waals surface area contributed by atoms with Gasteiger partial charge in [-0.05, 0) is 65.3 Å². The molecule has 0 aromatic heterocycles. The van der Waals surface area contributed by atoms with Crippen LogP contribution in [0.4, 0.5) is 0 Å². The standard InChI is InChI=1S/C23H24IN3O4S/c24-18-11-5-4-10-17(18)21(29)26-23(32)27-13-12-25-22(30)19(27)15-20(28)31-14-6-9-16-7-2-1-3-8-16/h1-5,7-8,10-11,19H,6,9,12-15H2,(H,25,30)(H,26,29,32). The summed E-state index contributed by atoms with van der Waals surface area (Å²) >= 11 is 7.47. The Kier molecular flexibility index (Phi) is 8.98. The van der Waals surface area contributed by atoms with E-state index in [0.717, 1.165) is 9.99 Å². The molecule has 3 rings (SSSR count). The van der Waals surface area contributed by atoms with Gasteiger partial charge in [0, 0.05) is 16.7 Å². The Balaban J connectivity index is 1.53. The first kappa shape index (κ1) is 24.1. The fraction of sp³-hybridized carbons (Fsp3) is 0.304. The number of thiocarbonyl (C=S) groups is 1. The van der Waals surface area contributed by atoms with E-state index in [2.05, 4.69) is 33.2 Å². The van der Waals surface area contributed by atoms with Gasteiger partial charge in [0.15, 0.2) is 5.11 Å². The summed E-state index contributed by atoms with van der Waals surface area (Å²) in [5.74, 6) is -1.14. The first-order valence-electron chi connectivity index (χ1n) is 10.3. The molecule has 2 amide bonds. The number of amides is 2. The normalized spacial score (nSPS) is 15.6. The lowest BCUT2D eigenvalue weighted by molar-refractivity contribution is -0.147. The number of rotatable bonds is 7. The zero-order valence-corrected chi connectivity index (χ0v) is 20.4. The van der Waals surface area contributed by atoms with Crippen molar-refractivity contribution in [2.24, 2.45) is 0 Å². The average Bonchev–Trinajstić information content (AvgIpc) is 2.79. The maximum Gasteiger partial charge on any atom is 0.308 e. The van der Waals surface area contributed by atoms with Gasteiger partial charge < -0.3 is 15.0 Å². The average molecular weight is 565 g/mol. The van der Waals surface area contributed by atoms with Gasteiger partial charge in [-0.2, -0.15) is 0 Å². The van der Waals surface area contributed by atoms with Gasteiger partial charge in [-0.3, -0.25) is 19.7 Å². The van der Waals surface area contributed by atoms with Gasteiger partial charge in [-0.1, -0.05) is 42.5 Å². The van der Waals surface area contributed by atoms with Crippen LogP contribution in [0.15, 0.2) is 54.6 Å². The number of nitrogens with one attached hydrogen (secondary N) is 2. The number of carbonyl (C=O) groups excluding carboxylic acids is 3. The summed E-state index contributed by atoms with van der Waals surface area (Å²) in [5.41, 5.74) is 1.67. The highest BCUT2D eigenvalue weighted by molar-refractivity contribution is 14.1. The van der Waals surface area contributed by atoms with Gasteiger partial charge in [0.25, 0.3) is 5.91 Å². The zero-order valence-electron chi connectivity index (χ0n) is 17.4. The lowest BCUT2D eigenvalue weighted by Gasteiger charge is -2.36. The van der Waals surface area contributed by atoms with Crippen LogP contribution >= 0.6 is 34.8 Å². The van der Waals surface area contributed by atoms with Crippen LogP contribution < -0.4 is 10.6 Å². The lowest BCUT2D eigenvalue weighted by atomic mass is 10.1. The second-order valence-corrected chi connectivity index (χ2v) is 8.80. The molecule has 168 valence electrons. The van der Waals surface area contributed by atoms with Gasteiger partial charge in [-0.15, -0.1) is 0 Å². The number of aryl methyl sites for hydroxylation is 1. The van der Waals surface area contributed by atoms with Crippen molar-refractivity contribution in [3.8, 4) is 0 Å². The molecular weight excluding hydrogens is 541 g/mol. The number of ether oxygens (including phenoxy) is 1. The first-order valence-corrected chi connectivity index (χ1v) is 11.8. The highest BCUT2D eigenvalue weighted by Crippen LogP contribution is 2.14. The quantitative estimate of drug-likeness (QED) is 0.233. The number of halogens is 1. The maximum atomic E-state index is 12.6. The molecule has 9 heteroatoms. The first-order chi connectivity index (χ1) is 15.5. The molecule has 0 radical (unpaired) electrons. The second-order valence-electron chi connectivity index (χ2n) is 7.25. The molecule has 0 bridgehead atoms. The van der Waals surface area contributed by atoms with Crippen molar-refractivity contribution in [1.82, 2.24) is 15.5 Å². The molecule has 0 spiro atoms. The van der Waals surface area contributed by atoms with Crippen LogP contribution in [0.5, 0.6) is 0 Å². The maximum absolute atomic E-state index is 12.6. The molecule has 1 unspecified atom stereocenters. The van der Waals surface area contributed by atoms with Crippen LogP contribution in [0.1, 0.15) is 28.8 Å². The minimum absolute atomic E-state index is 0.117. The fourth-order valence-corrected chi connectivity index (χ4v) is 4.31. The summed E-state index contributed by atoms with van der Waals surface area (Å²) in [5, 5.41) is 5.54. The van der Waals surface area contributed by atoms with Crippen molar-refractivity contribution in [2.45, 2.75) is 25.3 Å². The van der Waals surface area contributed by atoms with Crippen molar-refractivity contribution in [3.05, 3.63) is 69.3 Å². The van der Waals surface area contributed by atoms with Crippen LogP contribution in [0, 0.1) is 3.57 Å². The molecule has 2 N–H and O–H groups in total. The highest BCUT2D eigenvalue weighted by atomic mass is 127. The third-order valence-corrected chi connectivity index (χ3v) is 6.28. The summed E-state index contributed by atoms with van der Waals surface area (Å²) in [4.78, 5) is 39.0. The smallest absolute Gasteiger partial charge is 0.308 e. The van der Waals surface area contributed by atoms with Crippen LogP contribution in [-0.4, -0.2) is 53.5 Å². The molecule has 2 aromatic carbocycles. The number of piperazine rings is 1. The Morgan fingerprint density at radius 3 is 2.62 bits per heavy atom. The van der Waals surface area contributed by atoms with Gasteiger partial charge in [0.05, 0.1) is 18.6 Å². The van der Waals surface area contributed by atoms with Crippen molar-refractivity contribution in [2.75, 3.05) is 19.7 Å². The van der Waals surface area contributed by atoms with Crippen molar-refractivity contribution < 1.29 is 19.1 Å². The molecule has 1 atom stereocenters. The predicted octanol–water partition coefficient (Wildman–Crippen LogP) is 2.67. The molecular formula is C23H24IN3O4S. The van der Waals surface area contributed by atoms with E-state index < -0.39 is 12.0 Å². The van der Waals surface area contributed by atoms with E-state index >= 15 is 0 Å². The number of nitrogens with zero attached hydrogens (tertiary/aromatic N) is 1. The van der Waals surface area contributed by atoms with E-state index in [-0.39, 0.29) is 30.0 Å². The Morgan fingerprint density at radius 1 is 1.16 bits per heavy atom. The van der Waals surface area contributed by atoms with E-state index in [1.54, 1.807) is 17.0 Å². The van der Waals surface area contributed by atoms with Crippen LogP contribution in [0.2, 0.25) is 0 Å². The SMILES string of the molecule is O=C(CC1C(=O)NCCN1C(=S)NC(=O)c1ccccc1I)OCCCc1ccccc1. The van der Waals surface area contributed by atoms with Crippen LogP contribution in [0.3, 0.4) is 0 Å². The largest absolute Gasteiger partial charge is 0.466 e. The molecule has 2 aromatic rings. The Bertz CT molecular complexity index is 986. The van der Waals surface area contributed by atoms with Crippen molar-refractivity contribution in [1.29, 1.82) is 0 Å². The molecule has 1 saturated heterocycles. The molecule has 0 aliphatic carbocycles. The molecule has 1 aliphatic rings. The second kappa shape index (κ2) is 11.9. The van der Waals surface area contributed by atoms with E-state index in [9.17, 15) is 14.4 Å². The molecule has 7 nitrogen and oxygen atoms in total. The third-order valence-electron chi connectivity index (χ3n) is 5.01. The van der Waals surface area contributed by atoms with Gasteiger partial charge in [0.2, 0.25) is 5.91 Å². The van der Waals surface area contributed by atoms with Crippen LogP contribution in [0.25, 0.3) is 0 Å². The number of hydrogen-bond donors (Lipinski definition) is 2. The zero-order chi connectivity index (χ0) is 22.9. The minimum Gasteiger partial charge on any atom is -0.466 e. The van der Waals surface area contributed by atoms with Crippen LogP contribution in [-0.2, 0) is 20.7 Å². The lowest BCUT2D eigenvalue weighted by Crippen LogP contribution is -2.60. The highest BCUT2D eigenvalue weighted by Gasteiger charge is 2.34. The molecule has 0 saturated carbocycles. The predicted molar refractivity (Wildman–Crippen MR) is 133 cm³/mol. The Labute approximate surface area is 206 Å². The van der Waals surface area contributed by atoms with E-state index in [0.29, 0.717) is 25.1 Å². The monoisotopic (exact) mass is 565 g/mol. The van der Waals surface area contributed by atoms with Crippen molar-refractivity contribution >= 4 is 57.7 Å². The van der Waals surface area contributed by atoms with Gasteiger partial charge in [0.1, 0.15) is 6.04 Å². The fourth-order valence-electron chi connectivity index (χ4n) is 3.37. The summed E-state index contributed by atoms with van der Waals surface area (Å²) in [6.07, 6.45) is 1.36. The van der Waals surface area contributed by atoms with Crippen molar-refractivity contribution in [3.63, 3.8) is 0 Å². The number of hydrogen-bond acceptors (Lipinski definition) is 5. The molecule has 1 aliphatic heterocycles. The summed E-state index contributed by atoms with van der Waals surface area (Å²) < 4.78 is 6.12. The third kappa shape index (κ3) is 6.73. The topological polar surface area (TPSA) is 87.7 Å². The summed E-state index contributed by atoms with van der Waals surface area (Å²) in [6, 6.07) is 16.3. The number of benzene rings is 2. The Hall–Kier alpha value is -2.53. The van der Waals surface area contributed by atoms with E-state index in [1.807, 2.05) is 42.5 Å². The van der Waals surface area contributed by atoms with Gasteiger partial charge >= 0.3 is 5.97 Å². The van der Waals surface area contributed by atoms with Gasteiger partial charge in [-0.25, -0.2) is 0 Å². The summed E-state index contributed by atoms with van der Waals surface area (Å²) in [6.45, 7) is 1.04. The molecule has 1 heterocycles. The molecule has 32 heavy (non-hydrogen) atoms.